The van der Waals surface area contributed by atoms with Gasteiger partial charge in [-0.15, -0.1) is 0 Å². The molecule has 1 saturated carbocycles. The summed E-state index contributed by atoms with van der Waals surface area (Å²) in [4.78, 5) is 23.4. The quantitative estimate of drug-likeness (QED) is 0.735. The van der Waals surface area contributed by atoms with Gasteiger partial charge in [0.05, 0.1) is 0 Å². The van der Waals surface area contributed by atoms with Gasteiger partial charge in [-0.1, -0.05) is 51.5 Å². The first-order valence-corrected chi connectivity index (χ1v) is 9.94. The van der Waals surface area contributed by atoms with Crippen LogP contribution in [0.2, 0.25) is 0 Å². The lowest BCUT2D eigenvalue weighted by Crippen LogP contribution is -2.40. The minimum Gasteiger partial charge on any atom is -0.481 e. The van der Waals surface area contributed by atoms with E-state index in [0.29, 0.717) is 30.7 Å². The van der Waals surface area contributed by atoms with Gasteiger partial charge in [-0.25, -0.2) is 0 Å². The number of carbonyl (C=O) groups excluding carboxylic acids is 1. The monoisotopic (exact) mass is 359 g/mol. The van der Waals surface area contributed by atoms with Crippen LogP contribution in [0, 0.1) is 23.7 Å². The van der Waals surface area contributed by atoms with Gasteiger partial charge in [0.25, 0.3) is 0 Å². The standard InChI is InChI=1S/C22H33NO3/c1-15(2)19-9-7-16(3)13-20(19)22(26)23-12-11-18-6-4-5-17(14-18)8-10-21(24)25/h4-6,14-16,19-20H,7-13H2,1-3H3,(H,23,26)(H,24,25)/t16-,19+,20-/m1/s1. The van der Waals surface area contributed by atoms with E-state index in [1.807, 2.05) is 18.2 Å². The van der Waals surface area contributed by atoms with Crippen molar-refractivity contribution < 1.29 is 14.7 Å². The molecular weight excluding hydrogens is 326 g/mol. The third-order valence-electron chi connectivity index (χ3n) is 5.69. The van der Waals surface area contributed by atoms with Crippen LogP contribution in [0.3, 0.4) is 0 Å². The summed E-state index contributed by atoms with van der Waals surface area (Å²) in [6.45, 7) is 7.34. The second-order valence-electron chi connectivity index (χ2n) is 8.19. The number of rotatable bonds is 8. The number of hydrogen-bond acceptors (Lipinski definition) is 2. The van der Waals surface area contributed by atoms with Gasteiger partial charge >= 0.3 is 5.97 Å². The van der Waals surface area contributed by atoms with Crippen molar-refractivity contribution in [2.24, 2.45) is 23.7 Å². The molecule has 1 aliphatic carbocycles. The molecule has 1 amide bonds. The van der Waals surface area contributed by atoms with Crippen molar-refractivity contribution in [1.82, 2.24) is 5.32 Å². The second kappa shape index (κ2) is 9.75. The largest absolute Gasteiger partial charge is 0.481 e. The topological polar surface area (TPSA) is 66.4 Å². The highest BCUT2D eigenvalue weighted by Crippen LogP contribution is 2.38. The molecule has 2 N–H and O–H groups in total. The molecule has 2 rings (SSSR count). The van der Waals surface area contributed by atoms with Crippen molar-refractivity contribution in [2.45, 2.75) is 59.3 Å². The molecule has 0 heterocycles. The highest BCUT2D eigenvalue weighted by Gasteiger charge is 2.35. The number of hydrogen-bond donors (Lipinski definition) is 2. The van der Waals surface area contributed by atoms with E-state index in [0.717, 1.165) is 30.4 Å². The lowest BCUT2D eigenvalue weighted by atomic mass is 9.70. The summed E-state index contributed by atoms with van der Waals surface area (Å²) in [5, 5.41) is 11.9. The average molecular weight is 360 g/mol. The Morgan fingerprint density at radius 2 is 1.88 bits per heavy atom. The number of aryl methyl sites for hydroxylation is 1. The van der Waals surface area contributed by atoms with Gasteiger partial charge in [-0.2, -0.15) is 0 Å². The van der Waals surface area contributed by atoms with E-state index >= 15 is 0 Å². The molecule has 1 aliphatic rings. The maximum absolute atomic E-state index is 12.7. The molecule has 144 valence electrons. The lowest BCUT2D eigenvalue weighted by Gasteiger charge is -2.36. The van der Waals surface area contributed by atoms with E-state index in [9.17, 15) is 9.59 Å². The normalized spacial score (nSPS) is 23.0. The van der Waals surface area contributed by atoms with Crippen molar-refractivity contribution in [3.8, 4) is 0 Å². The van der Waals surface area contributed by atoms with Crippen LogP contribution in [0.5, 0.6) is 0 Å². The van der Waals surface area contributed by atoms with Gasteiger partial charge in [0, 0.05) is 18.9 Å². The van der Waals surface area contributed by atoms with E-state index in [4.69, 9.17) is 5.11 Å². The van der Waals surface area contributed by atoms with Gasteiger partial charge in [-0.3, -0.25) is 9.59 Å². The molecule has 0 radical (unpaired) electrons. The molecule has 0 aromatic heterocycles. The number of carboxylic acid groups (broad SMARTS) is 1. The van der Waals surface area contributed by atoms with Crippen LogP contribution < -0.4 is 5.32 Å². The zero-order valence-electron chi connectivity index (χ0n) is 16.3. The first kappa shape index (κ1) is 20.5. The minimum atomic E-state index is -0.774. The van der Waals surface area contributed by atoms with Crippen LogP contribution in [0.25, 0.3) is 0 Å². The summed E-state index contributed by atoms with van der Waals surface area (Å²) in [5.41, 5.74) is 2.18. The fourth-order valence-electron chi connectivity index (χ4n) is 4.16. The van der Waals surface area contributed by atoms with Crippen LogP contribution in [0.4, 0.5) is 0 Å². The molecule has 4 nitrogen and oxygen atoms in total. The van der Waals surface area contributed by atoms with Crippen LogP contribution in [0.15, 0.2) is 24.3 Å². The smallest absolute Gasteiger partial charge is 0.303 e. The Hall–Kier alpha value is -1.84. The van der Waals surface area contributed by atoms with Crippen molar-refractivity contribution >= 4 is 11.9 Å². The van der Waals surface area contributed by atoms with Crippen molar-refractivity contribution in [3.05, 3.63) is 35.4 Å². The van der Waals surface area contributed by atoms with Crippen LogP contribution in [0.1, 0.15) is 57.6 Å². The van der Waals surface area contributed by atoms with Crippen LogP contribution in [-0.4, -0.2) is 23.5 Å². The van der Waals surface area contributed by atoms with Crippen LogP contribution >= 0.6 is 0 Å². The zero-order valence-corrected chi connectivity index (χ0v) is 16.3. The summed E-state index contributed by atoms with van der Waals surface area (Å²) < 4.78 is 0. The predicted molar refractivity (Wildman–Crippen MR) is 104 cm³/mol. The molecule has 0 aliphatic heterocycles. The molecular formula is C22H33NO3. The van der Waals surface area contributed by atoms with Gasteiger partial charge in [-0.05, 0) is 54.6 Å². The lowest BCUT2D eigenvalue weighted by molar-refractivity contribution is -0.137. The molecule has 1 fully saturated rings. The van der Waals surface area contributed by atoms with Crippen LogP contribution in [-0.2, 0) is 22.4 Å². The van der Waals surface area contributed by atoms with Crippen molar-refractivity contribution in [1.29, 1.82) is 0 Å². The Labute approximate surface area is 157 Å². The highest BCUT2D eigenvalue weighted by atomic mass is 16.4. The van der Waals surface area contributed by atoms with Crippen molar-refractivity contribution in [3.63, 3.8) is 0 Å². The SMILES string of the molecule is CC(C)[C@@H]1CC[C@@H](C)C[C@H]1C(=O)NCCc1cccc(CCC(=O)O)c1. The Morgan fingerprint density at radius 1 is 1.19 bits per heavy atom. The first-order chi connectivity index (χ1) is 12.4. The third-order valence-corrected chi connectivity index (χ3v) is 5.69. The maximum atomic E-state index is 12.7. The summed E-state index contributed by atoms with van der Waals surface area (Å²) in [6, 6.07) is 8.01. The first-order valence-electron chi connectivity index (χ1n) is 9.94. The van der Waals surface area contributed by atoms with Gasteiger partial charge in [0.2, 0.25) is 5.91 Å². The number of aliphatic carboxylic acids is 1. The van der Waals surface area contributed by atoms with E-state index in [2.05, 4.69) is 32.2 Å². The fourth-order valence-corrected chi connectivity index (χ4v) is 4.16. The fraction of sp³-hybridized carbons (Fsp3) is 0.636. The minimum absolute atomic E-state index is 0.139. The van der Waals surface area contributed by atoms with Gasteiger partial charge in [0.1, 0.15) is 0 Å². The molecule has 1 aromatic carbocycles. The van der Waals surface area contributed by atoms with Gasteiger partial charge < -0.3 is 10.4 Å². The zero-order chi connectivity index (χ0) is 19.1. The number of nitrogens with one attached hydrogen (secondary N) is 1. The summed E-state index contributed by atoms with van der Waals surface area (Å²) in [7, 11) is 0. The van der Waals surface area contributed by atoms with E-state index in [1.165, 1.54) is 6.42 Å². The Kier molecular flexibility index (Phi) is 7.67. The second-order valence-corrected chi connectivity index (χ2v) is 8.19. The molecule has 0 spiro atoms. The molecule has 0 bridgehead atoms. The summed E-state index contributed by atoms with van der Waals surface area (Å²) >= 11 is 0. The molecule has 0 saturated heterocycles. The Morgan fingerprint density at radius 3 is 2.54 bits per heavy atom. The molecule has 0 unspecified atom stereocenters. The molecule has 26 heavy (non-hydrogen) atoms. The predicted octanol–water partition coefficient (Wildman–Crippen LogP) is 4.07. The number of benzene rings is 1. The molecule has 1 aromatic rings. The number of amides is 1. The highest BCUT2D eigenvalue weighted by molar-refractivity contribution is 5.79. The third kappa shape index (κ3) is 6.15. The molecule has 3 atom stereocenters. The average Bonchev–Trinajstić information content (AvgIpc) is 2.60. The molecule has 4 heteroatoms. The van der Waals surface area contributed by atoms with Gasteiger partial charge in [0.15, 0.2) is 0 Å². The number of carbonyl (C=O) groups is 2. The maximum Gasteiger partial charge on any atom is 0.303 e. The van der Waals surface area contributed by atoms with E-state index in [-0.39, 0.29) is 18.2 Å². The van der Waals surface area contributed by atoms with E-state index < -0.39 is 5.97 Å². The van der Waals surface area contributed by atoms with Crippen molar-refractivity contribution in [2.75, 3.05) is 6.54 Å². The summed E-state index contributed by atoms with van der Waals surface area (Å²) in [6.07, 6.45) is 4.86. The number of carboxylic acids is 1. The summed E-state index contributed by atoms with van der Waals surface area (Å²) in [5.74, 6) is 1.24. The Balaban J connectivity index is 1.85. The Bertz CT molecular complexity index is 611. The van der Waals surface area contributed by atoms with E-state index in [1.54, 1.807) is 0 Å².